The highest BCUT2D eigenvalue weighted by molar-refractivity contribution is 5.77. The van der Waals surface area contributed by atoms with Crippen molar-refractivity contribution in [3.63, 3.8) is 0 Å². The van der Waals surface area contributed by atoms with Gasteiger partial charge in [0.05, 0.1) is 6.10 Å². The van der Waals surface area contributed by atoms with Gasteiger partial charge in [-0.3, -0.25) is 4.79 Å². The van der Waals surface area contributed by atoms with Crippen LogP contribution in [0.25, 0.3) is 0 Å². The van der Waals surface area contributed by atoms with E-state index >= 15 is 0 Å². The predicted molar refractivity (Wildman–Crippen MR) is 78.3 cm³/mol. The third-order valence-corrected chi connectivity index (χ3v) is 2.99. The Morgan fingerprint density at radius 2 is 1.68 bits per heavy atom. The topological polar surface area (TPSA) is 38.8 Å². The van der Waals surface area contributed by atoms with Crippen molar-refractivity contribution in [3.8, 4) is 0 Å². The molecule has 0 atom stereocenters. The molecule has 0 aromatic heterocycles. The van der Waals surface area contributed by atoms with Gasteiger partial charge in [0.15, 0.2) is 0 Å². The van der Waals surface area contributed by atoms with Gasteiger partial charge < -0.3 is 14.4 Å². The molecular formula is C15H31NO3. The van der Waals surface area contributed by atoms with Crippen molar-refractivity contribution in [1.29, 1.82) is 0 Å². The number of nitrogens with zero attached hydrogens (tertiary/aromatic N) is 1. The third kappa shape index (κ3) is 9.91. The van der Waals surface area contributed by atoms with Crippen LogP contribution in [-0.2, 0) is 14.3 Å². The number of likely N-dealkylation sites (N-methyl/N-ethyl adjacent to an activating group) is 1. The van der Waals surface area contributed by atoms with Crippen LogP contribution in [0.4, 0.5) is 0 Å². The summed E-state index contributed by atoms with van der Waals surface area (Å²) in [6, 6.07) is 0. The Balaban J connectivity index is 3.47. The van der Waals surface area contributed by atoms with Crippen molar-refractivity contribution < 1.29 is 14.3 Å². The summed E-state index contributed by atoms with van der Waals surface area (Å²) < 4.78 is 10.9. The van der Waals surface area contributed by atoms with Gasteiger partial charge in [0, 0.05) is 25.8 Å². The van der Waals surface area contributed by atoms with Gasteiger partial charge in [-0.25, -0.2) is 0 Å². The van der Waals surface area contributed by atoms with Crippen molar-refractivity contribution in [2.75, 3.05) is 26.9 Å². The zero-order valence-corrected chi connectivity index (χ0v) is 13.5. The average molecular weight is 273 g/mol. The molecule has 0 fully saturated rings. The van der Waals surface area contributed by atoms with E-state index in [4.69, 9.17) is 9.47 Å². The van der Waals surface area contributed by atoms with Gasteiger partial charge >= 0.3 is 0 Å². The van der Waals surface area contributed by atoms with Crippen LogP contribution in [0.15, 0.2) is 0 Å². The number of unbranched alkanes of at least 4 members (excludes halogenated alkanes) is 2. The summed E-state index contributed by atoms with van der Waals surface area (Å²) in [6.45, 7) is 11.8. The lowest BCUT2D eigenvalue weighted by Crippen LogP contribution is -2.44. The quantitative estimate of drug-likeness (QED) is 0.606. The summed E-state index contributed by atoms with van der Waals surface area (Å²) in [7, 11) is 1.81. The van der Waals surface area contributed by atoms with Crippen LogP contribution in [0.2, 0.25) is 0 Å². The fourth-order valence-corrected chi connectivity index (χ4v) is 1.43. The molecule has 0 aliphatic carbocycles. The summed E-state index contributed by atoms with van der Waals surface area (Å²) in [5.41, 5.74) is -0.144. The molecule has 0 aliphatic heterocycles. The first-order chi connectivity index (χ1) is 8.75. The molecule has 4 nitrogen and oxygen atoms in total. The van der Waals surface area contributed by atoms with Gasteiger partial charge in [0.2, 0.25) is 5.91 Å². The summed E-state index contributed by atoms with van der Waals surface area (Å²) in [4.78, 5) is 13.5. The molecular weight excluding hydrogens is 242 g/mol. The summed E-state index contributed by atoms with van der Waals surface area (Å²) in [6.07, 6.45) is 3.42. The minimum Gasteiger partial charge on any atom is -0.379 e. The summed E-state index contributed by atoms with van der Waals surface area (Å²) in [5.74, 6) is 0.0376. The molecule has 19 heavy (non-hydrogen) atoms. The lowest BCUT2D eigenvalue weighted by Gasteiger charge is -2.31. The van der Waals surface area contributed by atoms with Crippen molar-refractivity contribution in [1.82, 2.24) is 4.90 Å². The molecule has 114 valence electrons. The second kappa shape index (κ2) is 9.32. The summed E-state index contributed by atoms with van der Waals surface area (Å²) >= 11 is 0. The zero-order valence-electron chi connectivity index (χ0n) is 13.5. The Kier molecular flexibility index (Phi) is 9.02. The van der Waals surface area contributed by atoms with E-state index < -0.39 is 0 Å². The van der Waals surface area contributed by atoms with E-state index in [0.29, 0.717) is 12.7 Å². The highest BCUT2D eigenvalue weighted by atomic mass is 16.5. The van der Waals surface area contributed by atoms with Crippen LogP contribution in [-0.4, -0.2) is 49.3 Å². The molecule has 0 aromatic carbocycles. The van der Waals surface area contributed by atoms with Crippen LogP contribution >= 0.6 is 0 Å². The maximum atomic E-state index is 11.8. The number of hydrogen-bond acceptors (Lipinski definition) is 3. The van der Waals surface area contributed by atoms with Crippen LogP contribution in [0.1, 0.15) is 53.9 Å². The Hall–Kier alpha value is -0.610. The monoisotopic (exact) mass is 273 g/mol. The SMILES string of the molecule is CC(C)OCCCCCOCC(=O)N(C)C(C)(C)C. The minimum atomic E-state index is -0.144. The molecule has 4 heteroatoms. The van der Waals surface area contributed by atoms with E-state index in [1.165, 1.54) is 0 Å². The van der Waals surface area contributed by atoms with Crippen molar-refractivity contribution in [2.24, 2.45) is 0 Å². The molecule has 0 aliphatic rings. The normalized spacial score (nSPS) is 11.9. The third-order valence-electron chi connectivity index (χ3n) is 2.99. The van der Waals surface area contributed by atoms with Gasteiger partial charge in [-0.2, -0.15) is 0 Å². The maximum absolute atomic E-state index is 11.8. The van der Waals surface area contributed by atoms with E-state index in [1.54, 1.807) is 4.90 Å². The van der Waals surface area contributed by atoms with Crippen LogP contribution in [0.3, 0.4) is 0 Å². The Morgan fingerprint density at radius 3 is 2.21 bits per heavy atom. The molecule has 0 rings (SSSR count). The van der Waals surface area contributed by atoms with Crippen LogP contribution in [0, 0.1) is 0 Å². The maximum Gasteiger partial charge on any atom is 0.248 e. The molecule has 0 N–H and O–H groups in total. The fraction of sp³-hybridized carbons (Fsp3) is 0.933. The fourth-order valence-electron chi connectivity index (χ4n) is 1.43. The van der Waals surface area contributed by atoms with E-state index in [2.05, 4.69) is 0 Å². The highest BCUT2D eigenvalue weighted by Gasteiger charge is 2.21. The molecule has 0 saturated carbocycles. The minimum absolute atomic E-state index is 0.0376. The van der Waals surface area contributed by atoms with E-state index in [1.807, 2.05) is 41.7 Å². The largest absolute Gasteiger partial charge is 0.379 e. The Labute approximate surface area is 118 Å². The Morgan fingerprint density at radius 1 is 1.11 bits per heavy atom. The first-order valence-corrected chi connectivity index (χ1v) is 7.21. The zero-order chi connectivity index (χ0) is 14.9. The van der Waals surface area contributed by atoms with E-state index in [0.717, 1.165) is 25.9 Å². The van der Waals surface area contributed by atoms with Crippen LogP contribution in [0.5, 0.6) is 0 Å². The van der Waals surface area contributed by atoms with Crippen molar-refractivity contribution in [2.45, 2.75) is 65.5 Å². The smallest absolute Gasteiger partial charge is 0.248 e. The lowest BCUT2D eigenvalue weighted by atomic mass is 10.1. The van der Waals surface area contributed by atoms with E-state index in [-0.39, 0.29) is 18.1 Å². The standard InChI is InChI=1S/C15H31NO3/c1-13(2)19-11-9-7-8-10-18-12-14(17)16(6)15(3,4)5/h13H,7-12H2,1-6H3. The second-order valence-electron chi connectivity index (χ2n) is 6.16. The van der Waals surface area contributed by atoms with Gasteiger partial charge in [0.1, 0.15) is 6.61 Å². The number of amides is 1. The first kappa shape index (κ1) is 18.4. The second-order valence-corrected chi connectivity index (χ2v) is 6.16. The first-order valence-electron chi connectivity index (χ1n) is 7.21. The van der Waals surface area contributed by atoms with Crippen molar-refractivity contribution in [3.05, 3.63) is 0 Å². The number of rotatable bonds is 9. The predicted octanol–water partition coefficient (Wildman–Crippen LogP) is 2.86. The number of ether oxygens (including phenoxy) is 2. The number of carbonyl (C=O) groups is 1. The van der Waals surface area contributed by atoms with Gasteiger partial charge in [-0.15, -0.1) is 0 Å². The lowest BCUT2D eigenvalue weighted by molar-refractivity contribution is -0.139. The molecule has 0 saturated heterocycles. The van der Waals surface area contributed by atoms with Gasteiger partial charge in [0.25, 0.3) is 0 Å². The molecule has 0 radical (unpaired) electrons. The number of hydrogen-bond donors (Lipinski definition) is 0. The van der Waals surface area contributed by atoms with Crippen LogP contribution < -0.4 is 0 Å². The Bertz CT molecular complexity index is 246. The molecule has 0 unspecified atom stereocenters. The van der Waals surface area contributed by atoms with Gasteiger partial charge in [-0.1, -0.05) is 0 Å². The summed E-state index contributed by atoms with van der Waals surface area (Å²) in [5, 5.41) is 0. The molecule has 0 heterocycles. The number of carbonyl (C=O) groups excluding carboxylic acids is 1. The molecule has 0 aromatic rings. The molecule has 1 amide bonds. The highest BCUT2D eigenvalue weighted by Crippen LogP contribution is 2.10. The van der Waals surface area contributed by atoms with Crippen molar-refractivity contribution >= 4 is 5.91 Å². The molecule has 0 spiro atoms. The molecule has 0 bridgehead atoms. The van der Waals surface area contributed by atoms with Gasteiger partial charge in [-0.05, 0) is 53.9 Å². The van der Waals surface area contributed by atoms with E-state index in [9.17, 15) is 4.79 Å². The average Bonchev–Trinajstić information content (AvgIpc) is 2.29.